The predicted octanol–water partition coefficient (Wildman–Crippen LogP) is 3.84. The number of ether oxygens (including phenoxy) is 2. The quantitative estimate of drug-likeness (QED) is 0.881. The van der Waals surface area contributed by atoms with Crippen molar-refractivity contribution in [2.75, 3.05) is 19.0 Å². The molecule has 0 radical (unpaired) electrons. The molecule has 0 aromatic heterocycles. The summed E-state index contributed by atoms with van der Waals surface area (Å²) >= 11 is 0. The highest BCUT2D eigenvalue weighted by Crippen LogP contribution is 2.19. The normalized spacial score (nSPS) is 10.4. The average Bonchev–Trinajstić information content (AvgIpc) is 2.53. The zero-order valence-electron chi connectivity index (χ0n) is 13.1. The van der Waals surface area contributed by atoms with E-state index in [1.165, 1.54) is 5.56 Å². The molecule has 0 spiro atoms. The lowest BCUT2D eigenvalue weighted by Gasteiger charge is -2.10. The highest BCUT2D eigenvalue weighted by Gasteiger charge is 2.06. The van der Waals surface area contributed by atoms with E-state index < -0.39 is 0 Å². The largest absolute Gasteiger partial charge is 0.497 e. The highest BCUT2D eigenvalue weighted by atomic mass is 16.5. The molecule has 2 aromatic carbocycles. The second kappa shape index (κ2) is 7.50. The van der Waals surface area contributed by atoms with E-state index >= 15 is 0 Å². The van der Waals surface area contributed by atoms with Gasteiger partial charge in [0.25, 0.3) is 5.91 Å². The van der Waals surface area contributed by atoms with Crippen molar-refractivity contribution < 1.29 is 14.3 Å². The summed E-state index contributed by atoms with van der Waals surface area (Å²) in [5, 5.41) is 2.84. The molecular weight excluding hydrogens is 278 g/mol. The molecule has 0 aliphatic rings. The third-order valence-electron chi connectivity index (χ3n) is 3.27. The van der Waals surface area contributed by atoms with Crippen LogP contribution in [0.5, 0.6) is 11.5 Å². The van der Waals surface area contributed by atoms with E-state index in [0.29, 0.717) is 11.7 Å². The van der Waals surface area contributed by atoms with Gasteiger partial charge < -0.3 is 14.8 Å². The predicted molar refractivity (Wildman–Crippen MR) is 87.6 cm³/mol. The SMILES string of the molecule is COc1ccc(OCC(=O)Nc2cccc(C(C)C)c2)cc1. The van der Waals surface area contributed by atoms with Gasteiger partial charge in [0.1, 0.15) is 11.5 Å². The Hall–Kier alpha value is -2.49. The van der Waals surface area contributed by atoms with Crippen molar-refractivity contribution in [2.45, 2.75) is 19.8 Å². The van der Waals surface area contributed by atoms with Crippen LogP contribution in [0.4, 0.5) is 5.69 Å². The van der Waals surface area contributed by atoms with E-state index in [-0.39, 0.29) is 12.5 Å². The first-order chi connectivity index (χ1) is 10.6. The fourth-order valence-electron chi connectivity index (χ4n) is 1.99. The second-order valence-corrected chi connectivity index (χ2v) is 5.29. The molecule has 2 rings (SSSR count). The van der Waals surface area contributed by atoms with Gasteiger partial charge in [-0.15, -0.1) is 0 Å². The molecule has 0 fully saturated rings. The Bertz CT molecular complexity index is 620. The number of hydrogen-bond acceptors (Lipinski definition) is 3. The summed E-state index contributed by atoms with van der Waals surface area (Å²) in [7, 11) is 1.61. The van der Waals surface area contributed by atoms with Crippen molar-refractivity contribution in [2.24, 2.45) is 0 Å². The van der Waals surface area contributed by atoms with E-state index in [9.17, 15) is 4.79 Å². The Kier molecular flexibility index (Phi) is 5.42. The van der Waals surface area contributed by atoms with Crippen LogP contribution in [0.1, 0.15) is 25.3 Å². The summed E-state index contributed by atoms with van der Waals surface area (Å²) in [6, 6.07) is 15.0. The van der Waals surface area contributed by atoms with Crippen LogP contribution in [-0.2, 0) is 4.79 Å². The number of nitrogens with one attached hydrogen (secondary N) is 1. The number of rotatable bonds is 6. The summed E-state index contributed by atoms with van der Waals surface area (Å²) in [5.41, 5.74) is 1.98. The van der Waals surface area contributed by atoms with Gasteiger partial charge in [0.05, 0.1) is 7.11 Å². The molecule has 116 valence electrons. The Balaban J connectivity index is 1.88. The number of anilines is 1. The smallest absolute Gasteiger partial charge is 0.262 e. The number of carbonyl (C=O) groups excluding carboxylic acids is 1. The monoisotopic (exact) mass is 299 g/mol. The van der Waals surface area contributed by atoms with Gasteiger partial charge >= 0.3 is 0 Å². The maximum absolute atomic E-state index is 11.9. The number of amides is 1. The van der Waals surface area contributed by atoms with Gasteiger partial charge in [-0.3, -0.25) is 4.79 Å². The molecule has 0 bridgehead atoms. The van der Waals surface area contributed by atoms with Gasteiger partial charge in [-0.25, -0.2) is 0 Å². The zero-order valence-corrected chi connectivity index (χ0v) is 13.1. The van der Waals surface area contributed by atoms with Crippen LogP contribution in [0.25, 0.3) is 0 Å². The van der Waals surface area contributed by atoms with Crippen LogP contribution in [0.15, 0.2) is 48.5 Å². The Morgan fingerprint density at radius 3 is 2.41 bits per heavy atom. The zero-order chi connectivity index (χ0) is 15.9. The van der Waals surface area contributed by atoms with Crippen molar-refractivity contribution in [3.8, 4) is 11.5 Å². The molecule has 22 heavy (non-hydrogen) atoms. The lowest BCUT2D eigenvalue weighted by Crippen LogP contribution is -2.20. The molecule has 0 atom stereocenters. The molecule has 1 amide bonds. The molecule has 0 heterocycles. The Morgan fingerprint density at radius 2 is 1.77 bits per heavy atom. The highest BCUT2D eigenvalue weighted by molar-refractivity contribution is 5.91. The minimum Gasteiger partial charge on any atom is -0.497 e. The molecule has 0 aliphatic carbocycles. The summed E-state index contributed by atoms with van der Waals surface area (Å²) < 4.78 is 10.5. The van der Waals surface area contributed by atoms with Crippen molar-refractivity contribution in [1.29, 1.82) is 0 Å². The molecule has 0 saturated heterocycles. The molecule has 2 aromatic rings. The van der Waals surface area contributed by atoms with E-state index in [0.717, 1.165) is 11.4 Å². The van der Waals surface area contributed by atoms with E-state index in [4.69, 9.17) is 9.47 Å². The summed E-state index contributed by atoms with van der Waals surface area (Å²) in [6.45, 7) is 4.21. The number of carbonyl (C=O) groups is 1. The van der Waals surface area contributed by atoms with E-state index in [1.807, 2.05) is 24.3 Å². The van der Waals surface area contributed by atoms with Gasteiger partial charge in [-0.1, -0.05) is 26.0 Å². The van der Waals surface area contributed by atoms with E-state index in [1.54, 1.807) is 31.4 Å². The van der Waals surface area contributed by atoms with E-state index in [2.05, 4.69) is 19.2 Å². The standard InChI is InChI=1S/C18H21NO3/c1-13(2)14-5-4-6-15(11-14)19-18(20)12-22-17-9-7-16(21-3)8-10-17/h4-11,13H,12H2,1-3H3,(H,19,20). The maximum Gasteiger partial charge on any atom is 0.262 e. The molecule has 0 saturated carbocycles. The topological polar surface area (TPSA) is 47.6 Å². The molecule has 1 N–H and O–H groups in total. The van der Waals surface area contributed by atoms with Crippen molar-refractivity contribution in [3.05, 3.63) is 54.1 Å². The lowest BCUT2D eigenvalue weighted by molar-refractivity contribution is -0.118. The maximum atomic E-state index is 11.9. The Morgan fingerprint density at radius 1 is 1.09 bits per heavy atom. The van der Waals surface area contributed by atoms with Crippen LogP contribution in [0.3, 0.4) is 0 Å². The van der Waals surface area contributed by atoms with Crippen LogP contribution in [-0.4, -0.2) is 19.6 Å². The van der Waals surface area contributed by atoms with Crippen molar-refractivity contribution in [1.82, 2.24) is 0 Å². The van der Waals surface area contributed by atoms with Gasteiger partial charge in [0, 0.05) is 5.69 Å². The fraction of sp³-hybridized carbons (Fsp3) is 0.278. The molecule has 0 unspecified atom stereocenters. The third kappa shape index (κ3) is 4.52. The average molecular weight is 299 g/mol. The van der Waals surface area contributed by atoms with Crippen LogP contribution < -0.4 is 14.8 Å². The first-order valence-electron chi connectivity index (χ1n) is 7.25. The summed E-state index contributed by atoms with van der Waals surface area (Å²) in [5.74, 6) is 1.62. The second-order valence-electron chi connectivity index (χ2n) is 5.29. The molecule has 4 heteroatoms. The first kappa shape index (κ1) is 15.9. The third-order valence-corrected chi connectivity index (χ3v) is 3.27. The minimum atomic E-state index is -0.184. The summed E-state index contributed by atoms with van der Waals surface area (Å²) in [4.78, 5) is 11.9. The van der Waals surface area contributed by atoms with Gasteiger partial charge in [-0.2, -0.15) is 0 Å². The Labute approximate surface area is 131 Å². The molecule has 0 aliphatic heterocycles. The number of hydrogen-bond donors (Lipinski definition) is 1. The molecular formula is C18H21NO3. The molecule has 4 nitrogen and oxygen atoms in total. The van der Waals surface area contributed by atoms with Crippen LogP contribution >= 0.6 is 0 Å². The first-order valence-corrected chi connectivity index (χ1v) is 7.25. The van der Waals surface area contributed by atoms with Crippen LogP contribution in [0.2, 0.25) is 0 Å². The van der Waals surface area contributed by atoms with Gasteiger partial charge in [0.15, 0.2) is 6.61 Å². The van der Waals surface area contributed by atoms with Gasteiger partial charge in [0.2, 0.25) is 0 Å². The van der Waals surface area contributed by atoms with Crippen molar-refractivity contribution >= 4 is 11.6 Å². The van der Waals surface area contributed by atoms with Crippen LogP contribution in [0, 0.1) is 0 Å². The van der Waals surface area contributed by atoms with Gasteiger partial charge in [-0.05, 0) is 47.9 Å². The number of methoxy groups -OCH3 is 1. The fourth-order valence-corrected chi connectivity index (χ4v) is 1.99. The minimum absolute atomic E-state index is 0.0295. The number of benzene rings is 2. The summed E-state index contributed by atoms with van der Waals surface area (Å²) in [6.07, 6.45) is 0. The van der Waals surface area contributed by atoms with Crippen molar-refractivity contribution in [3.63, 3.8) is 0 Å². The lowest BCUT2D eigenvalue weighted by atomic mass is 10.0.